The van der Waals surface area contributed by atoms with Crippen LogP contribution in [-0.4, -0.2) is 25.4 Å². The molecule has 0 saturated carbocycles. The quantitative estimate of drug-likeness (QED) is 0.586. The molecule has 0 unspecified atom stereocenters. The number of fused-ring (bicyclic) bond motifs is 1. The van der Waals surface area contributed by atoms with E-state index in [0.29, 0.717) is 29.2 Å². The number of anilines is 2. The van der Waals surface area contributed by atoms with Gasteiger partial charge in [0.2, 0.25) is 0 Å². The van der Waals surface area contributed by atoms with Crippen LogP contribution in [0.1, 0.15) is 30.8 Å². The molecule has 136 valence electrons. The minimum absolute atomic E-state index is 0.0701. The van der Waals surface area contributed by atoms with Crippen molar-refractivity contribution in [3.63, 3.8) is 0 Å². The highest BCUT2D eigenvalue weighted by Gasteiger charge is 2.20. The van der Waals surface area contributed by atoms with Crippen molar-refractivity contribution in [2.75, 3.05) is 11.1 Å². The van der Waals surface area contributed by atoms with Crippen molar-refractivity contribution < 1.29 is 4.79 Å². The highest BCUT2D eigenvalue weighted by molar-refractivity contribution is 7.13. The molecule has 3 rings (SSSR count). The van der Waals surface area contributed by atoms with Crippen LogP contribution in [-0.2, 0) is 6.54 Å². The zero-order valence-electron chi connectivity index (χ0n) is 14.5. The minimum atomic E-state index is -0.461. The zero-order valence-corrected chi connectivity index (χ0v) is 15.3. The maximum Gasteiger partial charge on any atom is 0.276 e. The van der Waals surface area contributed by atoms with Crippen molar-refractivity contribution in [1.82, 2.24) is 13.9 Å². The fraction of sp³-hybridized carbons (Fsp3) is 0.294. The molecule has 0 atom stereocenters. The second-order valence-electron chi connectivity index (χ2n) is 6.77. The molecule has 8 nitrogen and oxygen atoms in total. The van der Waals surface area contributed by atoms with Gasteiger partial charge < -0.3 is 16.8 Å². The van der Waals surface area contributed by atoms with Gasteiger partial charge in [0.15, 0.2) is 10.5 Å². The number of hydrogen-bond acceptors (Lipinski definition) is 7. The van der Waals surface area contributed by atoms with Gasteiger partial charge in [-0.3, -0.25) is 14.2 Å². The lowest BCUT2D eigenvalue weighted by atomic mass is 10.0. The van der Waals surface area contributed by atoms with Gasteiger partial charge in [-0.05, 0) is 56.1 Å². The van der Waals surface area contributed by atoms with Crippen LogP contribution in [0.2, 0.25) is 0 Å². The summed E-state index contributed by atoms with van der Waals surface area (Å²) in [5, 5.41) is 2.94. The third-order valence-electron chi connectivity index (χ3n) is 3.84. The summed E-state index contributed by atoms with van der Waals surface area (Å²) < 4.78 is 5.59. The predicted molar refractivity (Wildman–Crippen MR) is 103 cm³/mol. The molecule has 0 bridgehead atoms. The van der Waals surface area contributed by atoms with E-state index < -0.39 is 11.4 Å². The molecule has 3 aromatic rings. The summed E-state index contributed by atoms with van der Waals surface area (Å²) in [5.41, 5.74) is 12.2. The Labute approximate surface area is 154 Å². The molecular weight excluding hydrogens is 352 g/mol. The number of nitrogens with one attached hydrogen (secondary N) is 1. The van der Waals surface area contributed by atoms with Crippen molar-refractivity contribution in [3.05, 3.63) is 46.6 Å². The van der Waals surface area contributed by atoms with E-state index in [0.717, 1.165) is 11.5 Å². The Morgan fingerprint density at radius 1 is 1.31 bits per heavy atom. The van der Waals surface area contributed by atoms with E-state index in [1.807, 2.05) is 13.8 Å². The first kappa shape index (κ1) is 18.0. The highest BCUT2D eigenvalue weighted by Crippen LogP contribution is 2.19. The van der Waals surface area contributed by atoms with E-state index in [-0.39, 0.29) is 16.6 Å². The largest absolute Gasteiger partial charge is 0.399 e. The van der Waals surface area contributed by atoms with Crippen molar-refractivity contribution in [3.8, 4) is 0 Å². The van der Waals surface area contributed by atoms with Gasteiger partial charge in [0.05, 0.1) is 6.33 Å². The number of nitrogens with zero attached hydrogens (tertiary/aromatic N) is 3. The van der Waals surface area contributed by atoms with Gasteiger partial charge in [-0.15, -0.1) is 0 Å². The lowest BCUT2D eigenvalue weighted by Crippen LogP contribution is -2.35. The van der Waals surface area contributed by atoms with E-state index >= 15 is 0 Å². The molecule has 0 spiro atoms. The summed E-state index contributed by atoms with van der Waals surface area (Å²) in [4.78, 5) is 30.0. The molecule has 0 saturated heterocycles. The Kier molecular flexibility index (Phi) is 4.75. The summed E-state index contributed by atoms with van der Waals surface area (Å²) in [6.07, 6.45) is 2.07. The lowest BCUT2D eigenvalue weighted by molar-refractivity contribution is 0.102. The number of aryl methyl sites for hydroxylation is 1. The molecule has 0 radical (unpaired) electrons. The molecule has 0 aliphatic rings. The number of hydrogen-bond donors (Lipinski definition) is 3. The monoisotopic (exact) mass is 372 g/mol. The number of nitrogens with two attached hydrogens (primary N) is 2. The van der Waals surface area contributed by atoms with Crippen molar-refractivity contribution >= 4 is 39.0 Å². The van der Waals surface area contributed by atoms with Crippen LogP contribution in [0.25, 0.3) is 10.2 Å². The van der Waals surface area contributed by atoms with Crippen molar-refractivity contribution in [1.29, 1.82) is 0 Å². The number of carbonyl (C=O) groups is 1. The van der Waals surface area contributed by atoms with E-state index in [9.17, 15) is 9.59 Å². The van der Waals surface area contributed by atoms with Crippen LogP contribution in [0.3, 0.4) is 0 Å². The van der Waals surface area contributed by atoms with Gasteiger partial charge in [0.25, 0.3) is 11.5 Å². The highest BCUT2D eigenvalue weighted by atomic mass is 32.1. The average Bonchev–Trinajstić information content (AvgIpc) is 3.00. The van der Waals surface area contributed by atoms with E-state index in [1.54, 1.807) is 24.3 Å². The standard InChI is InChI=1S/C17H20N6O2S/c1-17(2,19)7-8-23-9-20-15-12(16(23)25)13(22-26-15)14(24)21-11-5-3-10(18)4-6-11/h3-6,9H,7-8,18-19H2,1-2H3,(H,21,24). The Morgan fingerprint density at radius 2 is 2.00 bits per heavy atom. The number of amides is 1. The smallest absolute Gasteiger partial charge is 0.276 e. The third kappa shape index (κ3) is 3.89. The van der Waals surface area contributed by atoms with E-state index in [2.05, 4.69) is 14.7 Å². The van der Waals surface area contributed by atoms with E-state index in [4.69, 9.17) is 11.5 Å². The molecule has 2 heterocycles. The Balaban J connectivity index is 1.92. The number of aromatic nitrogens is 3. The Morgan fingerprint density at radius 3 is 2.65 bits per heavy atom. The van der Waals surface area contributed by atoms with Gasteiger partial charge >= 0.3 is 0 Å². The maximum absolute atomic E-state index is 12.8. The van der Waals surface area contributed by atoms with Crippen LogP contribution in [0.15, 0.2) is 35.4 Å². The second kappa shape index (κ2) is 6.85. The summed E-state index contributed by atoms with van der Waals surface area (Å²) >= 11 is 1.02. The van der Waals surface area contributed by atoms with Crippen molar-refractivity contribution in [2.45, 2.75) is 32.4 Å². The van der Waals surface area contributed by atoms with Crippen molar-refractivity contribution in [2.24, 2.45) is 5.73 Å². The predicted octanol–water partition coefficient (Wildman–Crippen LogP) is 1.81. The molecule has 1 amide bonds. The maximum atomic E-state index is 12.8. The number of carbonyl (C=O) groups excluding carboxylic acids is 1. The number of nitrogen functional groups attached to an aromatic ring is 1. The topological polar surface area (TPSA) is 129 Å². The van der Waals surface area contributed by atoms with Crippen LogP contribution in [0, 0.1) is 0 Å². The Hall–Kier alpha value is -2.78. The van der Waals surface area contributed by atoms with E-state index in [1.165, 1.54) is 10.9 Å². The minimum Gasteiger partial charge on any atom is -0.399 e. The number of rotatable bonds is 5. The molecule has 2 aromatic heterocycles. The fourth-order valence-electron chi connectivity index (χ4n) is 2.36. The molecule has 0 aliphatic carbocycles. The van der Waals surface area contributed by atoms with Gasteiger partial charge in [-0.25, -0.2) is 4.98 Å². The Bertz CT molecular complexity index is 1000. The van der Waals surface area contributed by atoms with Gasteiger partial charge in [0.1, 0.15) is 5.39 Å². The fourth-order valence-corrected chi connectivity index (χ4v) is 3.08. The summed E-state index contributed by atoms with van der Waals surface area (Å²) in [7, 11) is 0. The van der Waals surface area contributed by atoms with Gasteiger partial charge in [-0.1, -0.05) is 0 Å². The summed E-state index contributed by atoms with van der Waals surface area (Å²) in [5.74, 6) is -0.461. The normalized spacial score (nSPS) is 11.7. The molecule has 26 heavy (non-hydrogen) atoms. The first-order valence-corrected chi connectivity index (χ1v) is 8.82. The third-order valence-corrected chi connectivity index (χ3v) is 4.60. The SMILES string of the molecule is CC(C)(N)CCn1cnc2snc(C(=O)Nc3ccc(N)cc3)c2c1=O. The first-order chi connectivity index (χ1) is 12.2. The second-order valence-corrected chi connectivity index (χ2v) is 7.52. The summed E-state index contributed by atoms with van der Waals surface area (Å²) in [6.45, 7) is 4.20. The first-order valence-electron chi connectivity index (χ1n) is 8.05. The van der Waals surface area contributed by atoms with Gasteiger partial charge in [0, 0.05) is 23.5 Å². The molecular formula is C17H20N6O2S. The zero-order chi connectivity index (χ0) is 18.9. The van der Waals surface area contributed by atoms with Crippen LogP contribution >= 0.6 is 11.5 Å². The number of benzene rings is 1. The van der Waals surface area contributed by atoms with Crippen LogP contribution < -0.4 is 22.3 Å². The molecule has 5 N–H and O–H groups in total. The van der Waals surface area contributed by atoms with Gasteiger partial charge in [-0.2, -0.15) is 4.37 Å². The average molecular weight is 372 g/mol. The summed E-state index contributed by atoms with van der Waals surface area (Å²) in [6, 6.07) is 6.72. The molecule has 0 fully saturated rings. The lowest BCUT2D eigenvalue weighted by Gasteiger charge is -2.18. The molecule has 0 aliphatic heterocycles. The van der Waals surface area contributed by atoms with Crippen LogP contribution in [0.4, 0.5) is 11.4 Å². The molecule has 1 aromatic carbocycles. The van der Waals surface area contributed by atoms with Crippen LogP contribution in [0.5, 0.6) is 0 Å². The molecule has 9 heteroatoms.